The van der Waals surface area contributed by atoms with E-state index in [4.69, 9.17) is 4.74 Å². The minimum atomic E-state index is -0.214. The second kappa shape index (κ2) is 5.87. The van der Waals surface area contributed by atoms with Gasteiger partial charge in [0.2, 0.25) is 0 Å². The molecule has 1 aromatic carbocycles. The fourth-order valence-electron chi connectivity index (χ4n) is 2.00. The van der Waals surface area contributed by atoms with Crippen molar-refractivity contribution in [3.8, 4) is 0 Å². The van der Waals surface area contributed by atoms with Gasteiger partial charge in [0.15, 0.2) is 0 Å². The summed E-state index contributed by atoms with van der Waals surface area (Å²) in [6.07, 6.45) is 4.32. The number of fused-ring (bicyclic) bond motifs is 1. The lowest BCUT2D eigenvalue weighted by Gasteiger charge is -1.99. The number of hydrogen-bond donors (Lipinski definition) is 0. The van der Waals surface area contributed by atoms with Crippen molar-refractivity contribution in [1.29, 1.82) is 0 Å². The maximum absolute atomic E-state index is 11.4. The van der Waals surface area contributed by atoms with E-state index in [1.165, 1.54) is 7.11 Å². The van der Waals surface area contributed by atoms with Crippen LogP contribution in [0.2, 0.25) is 0 Å². The van der Waals surface area contributed by atoms with E-state index in [1.54, 1.807) is 0 Å². The normalized spacial score (nSPS) is 11.2. The van der Waals surface area contributed by atoms with Crippen LogP contribution in [0.1, 0.15) is 5.56 Å². The number of methoxy groups -OCH3 is 1. The van der Waals surface area contributed by atoms with Gasteiger partial charge < -0.3 is 9.30 Å². The lowest BCUT2D eigenvalue weighted by molar-refractivity contribution is -0.139. The molecule has 2 rings (SSSR count). The number of nitrogens with zero attached hydrogens (tertiary/aromatic N) is 1. The number of ether oxygens (including phenoxy) is 1. The van der Waals surface area contributed by atoms with Crippen LogP contribution in [0.25, 0.3) is 10.9 Å². The molecule has 0 saturated heterocycles. The van der Waals surface area contributed by atoms with Crippen LogP contribution < -0.4 is 0 Å². The van der Waals surface area contributed by atoms with Crippen molar-refractivity contribution in [2.45, 2.75) is 13.0 Å². The van der Waals surface area contributed by atoms with Crippen LogP contribution in [-0.4, -0.2) is 17.6 Å². The topological polar surface area (TPSA) is 31.2 Å². The van der Waals surface area contributed by atoms with Crippen LogP contribution in [0.4, 0.5) is 0 Å². The molecule has 1 aromatic heterocycles. The number of aromatic nitrogens is 1. The van der Waals surface area contributed by atoms with Gasteiger partial charge in [0.1, 0.15) is 0 Å². The largest absolute Gasteiger partial charge is 0.469 e. The number of carbonyl (C=O) groups is 1. The van der Waals surface area contributed by atoms with Crippen LogP contribution in [0.15, 0.2) is 41.5 Å². The molecule has 0 aliphatic heterocycles. The molecule has 0 fully saturated rings. The van der Waals surface area contributed by atoms with Gasteiger partial charge in [0, 0.05) is 23.6 Å². The Morgan fingerprint density at radius 2 is 2.22 bits per heavy atom. The van der Waals surface area contributed by atoms with Crippen LogP contribution in [-0.2, 0) is 22.5 Å². The number of para-hydroxylation sites is 1. The van der Waals surface area contributed by atoms with Gasteiger partial charge in [-0.3, -0.25) is 4.79 Å². The number of rotatable bonds is 4. The first-order valence-corrected chi connectivity index (χ1v) is 6.56. The predicted molar refractivity (Wildman–Crippen MR) is 75.7 cm³/mol. The molecular weight excluding hydrogens is 294 g/mol. The van der Waals surface area contributed by atoms with Crippen molar-refractivity contribution < 1.29 is 9.53 Å². The smallest absolute Gasteiger partial charge is 0.310 e. The molecule has 1 heterocycles. The monoisotopic (exact) mass is 307 g/mol. The summed E-state index contributed by atoms with van der Waals surface area (Å²) >= 11 is 3.26. The predicted octanol–water partition coefficient (Wildman–Crippen LogP) is 3.27. The summed E-state index contributed by atoms with van der Waals surface area (Å²) in [5.41, 5.74) is 2.13. The third kappa shape index (κ3) is 2.64. The summed E-state index contributed by atoms with van der Waals surface area (Å²) in [5.74, 6) is -0.214. The first kappa shape index (κ1) is 12.9. The quantitative estimate of drug-likeness (QED) is 0.812. The van der Waals surface area contributed by atoms with Crippen LogP contribution in [0.5, 0.6) is 0 Å². The van der Waals surface area contributed by atoms with Gasteiger partial charge in [-0.05, 0) is 16.6 Å². The second-order valence-corrected chi connectivity index (χ2v) is 4.47. The third-order valence-corrected chi connectivity index (χ3v) is 3.20. The Morgan fingerprint density at radius 1 is 1.44 bits per heavy atom. The van der Waals surface area contributed by atoms with E-state index in [1.807, 2.05) is 35.5 Å². The Kier molecular flexibility index (Phi) is 4.20. The summed E-state index contributed by atoms with van der Waals surface area (Å²) in [4.78, 5) is 13.2. The first-order valence-electron chi connectivity index (χ1n) is 5.65. The van der Waals surface area contributed by atoms with E-state index in [-0.39, 0.29) is 5.97 Å². The van der Waals surface area contributed by atoms with Crippen LogP contribution in [0, 0.1) is 0 Å². The average molecular weight is 308 g/mol. The van der Waals surface area contributed by atoms with Gasteiger partial charge in [0.05, 0.1) is 13.5 Å². The minimum absolute atomic E-state index is 0.214. The summed E-state index contributed by atoms with van der Waals surface area (Å²) in [7, 11) is 1.41. The molecule has 0 radical (unpaired) electrons. The average Bonchev–Trinajstić information content (AvgIpc) is 2.75. The zero-order valence-corrected chi connectivity index (χ0v) is 11.7. The zero-order chi connectivity index (χ0) is 13.0. The molecule has 0 amide bonds. The maximum atomic E-state index is 11.4. The van der Waals surface area contributed by atoms with Crippen molar-refractivity contribution in [3.05, 3.63) is 47.1 Å². The lowest BCUT2D eigenvalue weighted by Crippen LogP contribution is -2.03. The molecule has 0 saturated carbocycles. The second-order valence-electron chi connectivity index (χ2n) is 3.94. The Hall–Kier alpha value is -1.55. The molecule has 0 atom stereocenters. The highest BCUT2D eigenvalue weighted by molar-refractivity contribution is 9.11. The Morgan fingerprint density at radius 3 is 2.94 bits per heavy atom. The zero-order valence-electron chi connectivity index (χ0n) is 10.1. The van der Waals surface area contributed by atoms with E-state index < -0.39 is 0 Å². The standard InChI is InChI=1S/C14H14BrNO2/c1-18-14(17)9-11-10-16(8-4-7-15)13-6-3-2-5-12(11)13/h2-7,10H,8-9H2,1H3/b7-4+. The molecule has 0 spiro atoms. The molecule has 3 nitrogen and oxygen atoms in total. The number of halogens is 1. The number of esters is 1. The van der Waals surface area contributed by atoms with Gasteiger partial charge >= 0.3 is 5.97 Å². The Bertz CT molecular complexity index is 586. The molecule has 0 unspecified atom stereocenters. The molecule has 0 aliphatic carbocycles. The van der Waals surface area contributed by atoms with Gasteiger partial charge in [-0.2, -0.15) is 0 Å². The number of benzene rings is 1. The van der Waals surface area contributed by atoms with Gasteiger partial charge in [-0.15, -0.1) is 0 Å². The fourth-order valence-corrected chi connectivity index (χ4v) is 2.16. The first-order chi connectivity index (χ1) is 8.76. The van der Waals surface area contributed by atoms with E-state index in [2.05, 4.69) is 26.6 Å². The molecule has 0 bridgehead atoms. The molecule has 2 aromatic rings. The van der Waals surface area contributed by atoms with Crippen molar-refractivity contribution in [2.24, 2.45) is 0 Å². The molecule has 94 valence electrons. The molecule has 4 heteroatoms. The van der Waals surface area contributed by atoms with Gasteiger partial charge in [-0.25, -0.2) is 0 Å². The van der Waals surface area contributed by atoms with Crippen LogP contribution in [0.3, 0.4) is 0 Å². The summed E-state index contributed by atoms with van der Waals surface area (Å²) in [6.45, 7) is 0.771. The third-order valence-electron chi connectivity index (χ3n) is 2.82. The summed E-state index contributed by atoms with van der Waals surface area (Å²) in [5, 5.41) is 1.10. The van der Waals surface area contributed by atoms with Crippen molar-refractivity contribution in [2.75, 3.05) is 7.11 Å². The van der Waals surface area contributed by atoms with Crippen molar-refractivity contribution in [3.63, 3.8) is 0 Å². The summed E-state index contributed by atoms with van der Waals surface area (Å²) in [6, 6.07) is 8.06. The molecule has 0 aliphatic rings. The molecular formula is C14H14BrNO2. The number of allylic oxidation sites excluding steroid dienone is 1. The lowest BCUT2D eigenvalue weighted by atomic mass is 10.1. The van der Waals surface area contributed by atoms with Crippen LogP contribution >= 0.6 is 15.9 Å². The SMILES string of the molecule is COC(=O)Cc1cn(C/C=C/Br)c2ccccc12. The fraction of sp³-hybridized carbons (Fsp3) is 0.214. The maximum Gasteiger partial charge on any atom is 0.310 e. The molecule has 18 heavy (non-hydrogen) atoms. The van der Waals surface area contributed by atoms with Gasteiger partial charge in [-0.1, -0.05) is 40.2 Å². The Labute approximate surface area is 114 Å². The van der Waals surface area contributed by atoms with E-state index in [0.717, 1.165) is 23.0 Å². The van der Waals surface area contributed by atoms with Crippen molar-refractivity contribution in [1.82, 2.24) is 4.57 Å². The van der Waals surface area contributed by atoms with E-state index >= 15 is 0 Å². The van der Waals surface area contributed by atoms with E-state index in [9.17, 15) is 4.79 Å². The highest BCUT2D eigenvalue weighted by atomic mass is 79.9. The van der Waals surface area contributed by atoms with Gasteiger partial charge in [0.25, 0.3) is 0 Å². The Balaban J connectivity index is 2.43. The summed E-state index contributed by atoms with van der Waals surface area (Å²) < 4.78 is 6.84. The highest BCUT2D eigenvalue weighted by Gasteiger charge is 2.11. The molecule has 0 N–H and O–H groups in total. The number of carbonyl (C=O) groups excluding carboxylic acids is 1. The minimum Gasteiger partial charge on any atom is -0.469 e. The highest BCUT2D eigenvalue weighted by Crippen LogP contribution is 2.22. The number of hydrogen-bond acceptors (Lipinski definition) is 2. The van der Waals surface area contributed by atoms with E-state index in [0.29, 0.717) is 6.42 Å². The van der Waals surface area contributed by atoms with Crippen molar-refractivity contribution >= 4 is 32.8 Å².